The second-order valence-electron chi connectivity index (χ2n) is 3.90. The van der Waals surface area contributed by atoms with Gasteiger partial charge in [-0.2, -0.15) is 0 Å². The molecular formula is C12H16N2O4. The van der Waals surface area contributed by atoms with E-state index in [0.717, 1.165) is 5.56 Å². The number of nitrogens with one attached hydrogen (secondary N) is 1. The topological polar surface area (TPSA) is 102 Å². The second-order valence-corrected chi connectivity index (χ2v) is 3.90. The first-order valence-electron chi connectivity index (χ1n) is 5.46. The van der Waals surface area contributed by atoms with Crippen LogP contribution in [-0.2, 0) is 11.2 Å². The number of aliphatic hydroxyl groups excluding tert-OH is 1. The van der Waals surface area contributed by atoms with Gasteiger partial charge in [0.15, 0.2) is 6.61 Å². The molecule has 6 nitrogen and oxygen atoms in total. The molecule has 18 heavy (non-hydrogen) atoms. The van der Waals surface area contributed by atoms with E-state index >= 15 is 0 Å². The van der Waals surface area contributed by atoms with Crippen molar-refractivity contribution in [1.29, 1.82) is 0 Å². The molecule has 0 saturated carbocycles. The third kappa shape index (κ3) is 5.31. The van der Waals surface area contributed by atoms with Crippen molar-refractivity contribution in [2.45, 2.75) is 19.4 Å². The zero-order valence-electron chi connectivity index (χ0n) is 10.1. The number of carbonyl (C=O) groups excluding carboxylic acids is 2. The summed E-state index contributed by atoms with van der Waals surface area (Å²) in [6.07, 6.45) is 0.153. The van der Waals surface area contributed by atoms with Gasteiger partial charge in [0, 0.05) is 0 Å². The lowest BCUT2D eigenvalue weighted by molar-refractivity contribution is -0.121. The molecular weight excluding hydrogens is 236 g/mol. The van der Waals surface area contributed by atoms with Crippen molar-refractivity contribution in [2.75, 3.05) is 6.61 Å². The number of amides is 3. The van der Waals surface area contributed by atoms with E-state index in [0.29, 0.717) is 12.2 Å². The van der Waals surface area contributed by atoms with Crippen LogP contribution in [0.2, 0.25) is 0 Å². The molecule has 98 valence electrons. The number of hydrogen-bond acceptors (Lipinski definition) is 4. The van der Waals surface area contributed by atoms with Crippen LogP contribution in [-0.4, -0.2) is 29.8 Å². The molecule has 0 spiro atoms. The fraction of sp³-hybridized carbons (Fsp3) is 0.333. The van der Waals surface area contributed by atoms with Gasteiger partial charge in [-0.05, 0) is 31.0 Å². The molecule has 0 fully saturated rings. The van der Waals surface area contributed by atoms with Crippen LogP contribution in [0.4, 0.5) is 4.79 Å². The van der Waals surface area contributed by atoms with Crippen LogP contribution < -0.4 is 15.8 Å². The summed E-state index contributed by atoms with van der Waals surface area (Å²) in [5, 5.41) is 11.1. The van der Waals surface area contributed by atoms with E-state index in [-0.39, 0.29) is 6.61 Å². The van der Waals surface area contributed by atoms with Gasteiger partial charge in [-0.3, -0.25) is 10.1 Å². The number of rotatable bonds is 5. The lowest BCUT2D eigenvalue weighted by Crippen LogP contribution is -2.38. The van der Waals surface area contributed by atoms with Gasteiger partial charge in [-0.15, -0.1) is 0 Å². The highest BCUT2D eigenvalue weighted by Crippen LogP contribution is 2.13. The van der Waals surface area contributed by atoms with Crippen molar-refractivity contribution >= 4 is 11.9 Å². The lowest BCUT2D eigenvalue weighted by atomic mass is 10.1. The van der Waals surface area contributed by atoms with Crippen molar-refractivity contribution in [3.8, 4) is 5.75 Å². The summed E-state index contributed by atoms with van der Waals surface area (Å²) >= 11 is 0. The molecule has 0 radical (unpaired) electrons. The Morgan fingerprint density at radius 2 is 2.00 bits per heavy atom. The van der Waals surface area contributed by atoms with Crippen molar-refractivity contribution in [3.05, 3.63) is 29.8 Å². The third-order valence-corrected chi connectivity index (χ3v) is 2.09. The second kappa shape index (κ2) is 6.61. The van der Waals surface area contributed by atoms with Crippen LogP contribution in [0, 0.1) is 0 Å². The van der Waals surface area contributed by atoms with Gasteiger partial charge in [0.25, 0.3) is 5.91 Å². The molecule has 0 aliphatic heterocycles. The van der Waals surface area contributed by atoms with Crippen LogP contribution in [0.3, 0.4) is 0 Å². The van der Waals surface area contributed by atoms with Gasteiger partial charge in [0.05, 0.1) is 6.10 Å². The van der Waals surface area contributed by atoms with Crippen molar-refractivity contribution < 1.29 is 19.4 Å². The number of nitrogens with two attached hydrogens (primary N) is 1. The first-order valence-corrected chi connectivity index (χ1v) is 5.46. The molecule has 1 unspecified atom stereocenters. The zero-order chi connectivity index (χ0) is 13.5. The average molecular weight is 252 g/mol. The number of benzene rings is 1. The summed E-state index contributed by atoms with van der Waals surface area (Å²) < 4.78 is 5.15. The molecule has 6 heteroatoms. The molecule has 0 saturated heterocycles. The molecule has 1 aromatic carbocycles. The SMILES string of the molecule is CC(O)Cc1ccc(OCC(=O)NC(N)=O)cc1. The van der Waals surface area contributed by atoms with Crippen molar-refractivity contribution in [2.24, 2.45) is 5.73 Å². The van der Waals surface area contributed by atoms with E-state index in [1.807, 2.05) is 5.32 Å². The summed E-state index contributed by atoms with van der Waals surface area (Å²) in [5.74, 6) is -0.0977. The van der Waals surface area contributed by atoms with Crippen LogP contribution >= 0.6 is 0 Å². The predicted octanol–water partition coefficient (Wildman–Crippen LogP) is 0.184. The summed E-state index contributed by atoms with van der Waals surface area (Å²) in [5.41, 5.74) is 5.75. The number of imide groups is 1. The Morgan fingerprint density at radius 1 is 1.39 bits per heavy atom. The molecule has 1 aromatic rings. The maximum atomic E-state index is 11.1. The molecule has 1 rings (SSSR count). The van der Waals surface area contributed by atoms with Gasteiger partial charge in [-0.1, -0.05) is 12.1 Å². The normalized spacial score (nSPS) is 11.7. The summed E-state index contributed by atoms with van der Waals surface area (Å²) in [6.45, 7) is 1.43. The Labute approximate surface area is 105 Å². The molecule has 4 N–H and O–H groups in total. The van der Waals surface area contributed by atoms with E-state index in [4.69, 9.17) is 10.5 Å². The van der Waals surface area contributed by atoms with E-state index in [1.165, 1.54) is 0 Å². The molecule has 3 amide bonds. The van der Waals surface area contributed by atoms with Gasteiger partial charge in [0.1, 0.15) is 5.75 Å². The van der Waals surface area contributed by atoms with Crippen LogP contribution in [0.5, 0.6) is 5.75 Å². The minimum absolute atomic E-state index is 0.279. The number of ether oxygens (including phenoxy) is 1. The number of hydrogen-bond donors (Lipinski definition) is 3. The average Bonchev–Trinajstić information content (AvgIpc) is 2.26. The lowest BCUT2D eigenvalue weighted by Gasteiger charge is -2.07. The Morgan fingerprint density at radius 3 is 2.50 bits per heavy atom. The van der Waals surface area contributed by atoms with Gasteiger partial charge < -0.3 is 15.6 Å². The van der Waals surface area contributed by atoms with Gasteiger partial charge in [-0.25, -0.2) is 4.79 Å². The van der Waals surface area contributed by atoms with Gasteiger partial charge >= 0.3 is 6.03 Å². The van der Waals surface area contributed by atoms with Crippen molar-refractivity contribution in [1.82, 2.24) is 5.32 Å². The number of aliphatic hydroxyl groups is 1. The minimum atomic E-state index is -0.907. The minimum Gasteiger partial charge on any atom is -0.484 e. The maximum absolute atomic E-state index is 11.1. The van der Waals surface area contributed by atoms with E-state index < -0.39 is 18.0 Å². The molecule has 0 aromatic heterocycles. The third-order valence-electron chi connectivity index (χ3n) is 2.09. The summed E-state index contributed by atoms with van der Waals surface area (Å²) in [6, 6.07) is 6.07. The highest BCUT2D eigenvalue weighted by atomic mass is 16.5. The first kappa shape index (κ1) is 14.0. The maximum Gasteiger partial charge on any atom is 0.318 e. The van der Waals surface area contributed by atoms with Gasteiger partial charge in [0.2, 0.25) is 0 Å². The molecule has 0 bridgehead atoms. The smallest absolute Gasteiger partial charge is 0.318 e. The fourth-order valence-electron chi connectivity index (χ4n) is 1.39. The summed E-state index contributed by atoms with van der Waals surface area (Å²) in [4.78, 5) is 21.4. The Hall–Kier alpha value is -2.08. The standard InChI is InChI=1S/C12H16N2O4/c1-8(15)6-9-2-4-10(5-3-9)18-7-11(16)14-12(13)17/h2-5,8,15H,6-7H2,1H3,(H3,13,14,16,17). The van der Waals surface area contributed by atoms with E-state index in [2.05, 4.69) is 0 Å². The molecule has 0 aliphatic carbocycles. The fourth-order valence-corrected chi connectivity index (χ4v) is 1.39. The van der Waals surface area contributed by atoms with E-state index in [9.17, 15) is 14.7 Å². The number of primary amides is 1. The highest BCUT2D eigenvalue weighted by Gasteiger charge is 2.05. The largest absolute Gasteiger partial charge is 0.484 e. The van der Waals surface area contributed by atoms with Crippen LogP contribution in [0.25, 0.3) is 0 Å². The van der Waals surface area contributed by atoms with Crippen LogP contribution in [0.1, 0.15) is 12.5 Å². The monoisotopic (exact) mass is 252 g/mol. The van der Waals surface area contributed by atoms with Crippen molar-refractivity contribution in [3.63, 3.8) is 0 Å². The number of carbonyl (C=O) groups is 2. The Bertz CT molecular complexity index is 415. The molecule has 1 atom stereocenters. The van der Waals surface area contributed by atoms with E-state index in [1.54, 1.807) is 31.2 Å². The molecule has 0 aliphatic rings. The molecule has 0 heterocycles. The quantitative estimate of drug-likeness (QED) is 0.695. The Kier molecular flexibility index (Phi) is 5.13. The van der Waals surface area contributed by atoms with Crippen LogP contribution in [0.15, 0.2) is 24.3 Å². The highest BCUT2D eigenvalue weighted by molar-refractivity contribution is 5.94. The zero-order valence-corrected chi connectivity index (χ0v) is 10.1. The Balaban J connectivity index is 2.44. The summed E-state index contributed by atoms with van der Waals surface area (Å²) in [7, 11) is 0. The number of urea groups is 1. The first-order chi connectivity index (χ1) is 8.47. The predicted molar refractivity (Wildman–Crippen MR) is 65.0 cm³/mol.